The Morgan fingerprint density at radius 2 is 1.65 bits per heavy atom. The first kappa shape index (κ1) is 13.9. The molecule has 92 valence electrons. The molecule has 0 heterocycles. The van der Waals surface area contributed by atoms with Crippen molar-refractivity contribution in [3.63, 3.8) is 0 Å². The molecule has 0 bridgehead atoms. The van der Waals surface area contributed by atoms with Crippen molar-refractivity contribution in [2.24, 2.45) is 0 Å². The molecule has 0 aliphatic heterocycles. The zero-order chi connectivity index (χ0) is 12.5. The van der Waals surface area contributed by atoms with Crippen LogP contribution in [-0.2, 0) is 0 Å². The van der Waals surface area contributed by atoms with Crippen LogP contribution in [0.1, 0.15) is 39.5 Å². The fraction of sp³-hybridized carbons (Fsp3) is 0.571. The maximum Gasteiger partial charge on any atom is 0.122 e. The molecule has 2 radical (unpaired) electrons. The summed E-state index contributed by atoms with van der Waals surface area (Å²) in [4.78, 5) is 0. The summed E-state index contributed by atoms with van der Waals surface area (Å²) in [5.74, 6) is 1.56. The third-order valence-electron chi connectivity index (χ3n) is 2.51. The number of hydrogen-bond acceptors (Lipinski definition) is 2. The van der Waals surface area contributed by atoms with Crippen LogP contribution in [0.3, 0.4) is 0 Å². The molecule has 0 spiro atoms. The molecule has 1 aromatic carbocycles. The van der Waals surface area contributed by atoms with Crippen LogP contribution in [0.5, 0.6) is 11.5 Å². The fourth-order valence-corrected chi connectivity index (χ4v) is 1.39. The minimum atomic E-state index is 0.670. The van der Waals surface area contributed by atoms with Crippen LogP contribution >= 0.6 is 0 Å². The van der Waals surface area contributed by atoms with E-state index < -0.39 is 0 Å². The van der Waals surface area contributed by atoms with E-state index in [0.717, 1.165) is 43.8 Å². The zero-order valence-electron chi connectivity index (χ0n) is 10.9. The van der Waals surface area contributed by atoms with Gasteiger partial charge in [-0.15, -0.1) is 0 Å². The van der Waals surface area contributed by atoms with Crippen molar-refractivity contribution in [3.05, 3.63) is 18.2 Å². The highest BCUT2D eigenvalue weighted by Crippen LogP contribution is 2.17. The van der Waals surface area contributed by atoms with Gasteiger partial charge in [0.25, 0.3) is 0 Å². The predicted molar refractivity (Wildman–Crippen MR) is 72.6 cm³/mol. The Balaban J connectivity index is 2.53. The first-order chi connectivity index (χ1) is 8.27. The number of rotatable bonds is 8. The SMILES string of the molecule is [B]c1ccc(OCCCC)cc1OCCCC. The van der Waals surface area contributed by atoms with Gasteiger partial charge in [-0.2, -0.15) is 0 Å². The Morgan fingerprint density at radius 1 is 1.00 bits per heavy atom. The van der Waals surface area contributed by atoms with Gasteiger partial charge in [-0.1, -0.05) is 38.2 Å². The van der Waals surface area contributed by atoms with Crippen molar-refractivity contribution in [2.45, 2.75) is 39.5 Å². The van der Waals surface area contributed by atoms with Crippen LogP contribution in [0.25, 0.3) is 0 Å². The van der Waals surface area contributed by atoms with Gasteiger partial charge in [0.1, 0.15) is 19.3 Å². The topological polar surface area (TPSA) is 18.5 Å². The van der Waals surface area contributed by atoms with Crippen molar-refractivity contribution in [2.75, 3.05) is 13.2 Å². The lowest BCUT2D eigenvalue weighted by molar-refractivity contribution is 0.295. The molecule has 17 heavy (non-hydrogen) atoms. The third kappa shape index (κ3) is 5.16. The highest BCUT2D eigenvalue weighted by molar-refractivity contribution is 6.34. The van der Waals surface area contributed by atoms with Gasteiger partial charge < -0.3 is 9.47 Å². The largest absolute Gasteiger partial charge is 0.494 e. The van der Waals surface area contributed by atoms with Crippen LogP contribution in [0.2, 0.25) is 0 Å². The molecule has 0 aliphatic carbocycles. The van der Waals surface area contributed by atoms with E-state index in [2.05, 4.69) is 13.8 Å². The second-order valence-corrected chi connectivity index (χ2v) is 4.10. The van der Waals surface area contributed by atoms with Crippen LogP contribution in [0.4, 0.5) is 0 Å². The summed E-state index contributed by atoms with van der Waals surface area (Å²) in [6.45, 7) is 5.73. The molecule has 1 aromatic rings. The van der Waals surface area contributed by atoms with Crippen molar-refractivity contribution >= 4 is 13.3 Å². The highest BCUT2D eigenvalue weighted by Gasteiger charge is 2.02. The maximum absolute atomic E-state index is 5.85. The van der Waals surface area contributed by atoms with E-state index >= 15 is 0 Å². The highest BCUT2D eigenvalue weighted by atomic mass is 16.5. The van der Waals surface area contributed by atoms with Crippen LogP contribution in [0, 0.1) is 0 Å². The Kier molecular flexibility index (Phi) is 6.60. The second-order valence-electron chi connectivity index (χ2n) is 4.10. The molecule has 3 heteroatoms. The Hall–Kier alpha value is -1.12. The summed E-state index contributed by atoms with van der Waals surface area (Å²) < 4.78 is 11.2. The number of unbranched alkanes of at least 4 members (excludes halogenated alkanes) is 2. The lowest BCUT2D eigenvalue weighted by Gasteiger charge is -2.11. The van der Waals surface area contributed by atoms with Gasteiger partial charge in [0.15, 0.2) is 0 Å². The van der Waals surface area contributed by atoms with E-state index in [1.54, 1.807) is 0 Å². The quantitative estimate of drug-likeness (QED) is 0.506. The van der Waals surface area contributed by atoms with Crippen molar-refractivity contribution in [1.29, 1.82) is 0 Å². The Morgan fingerprint density at radius 3 is 2.29 bits per heavy atom. The minimum absolute atomic E-state index is 0.670. The molecular weight excluding hydrogens is 211 g/mol. The molecule has 0 saturated heterocycles. The molecule has 0 aliphatic rings. The summed E-state index contributed by atoms with van der Waals surface area (Å²) in [6.07, 6.45) is 4.36. The summed E-state index contributed by atoms with van der Waals surface area (Å²) in [5.41, 5.74) is 0.670. The van der Waals surface area contributed by atoms with Crippen LogP contribution in [0.15, 0.2) is 18.2 Å². The summed E-state index contributed by atoms with van der Waals surface area (Å²) in [7, 11) is 5.85. The van der Waals surface area contributed by atoms with Gasteiger partial charge in [0.2, 0.25) is 0 Å². The van der Waals surface area contributed by atoms with Crippen molar-refractivity contribution in [3.8, 4) is 11.5 Å². The van der Waals surface area contributed by atoms with Gasteiger partial charge >= 0.3 is 0 Å². The lowest BCUT2D eigenvalue weighted by Crippen LogP contribution is -2.10. The number of ether oxygens (including phenoxy) is 2. The molecule has 0 saturated carbocycles. The second kappa shape index (κ2) is 8.05. The smallest absolute Gasteiger partial charge is 0.122 e. The molecule has 0 atom stereocenters. The zero-order valence-corrected chi connectivity index (χ0v) is 10.9. The first-order valence-corrected chi connectivity index (χ1v) is 6.43. The van der Waals surface area contributed by atoms with Gasteiger partial charge in [-0.3, -0.25) is 0 Å². The number of hydrogen-bond donors (Lipinski definition) is 0. The van der Waals surface area contributed by atoms with E-state index in [0.29, 0.717) is 12.1 Å². The van der Waals surface area contributed by atoms with Crippen molar-refractivity contribution in [1.82, 2.24) is 0 Å². The molecule has 0 unspecified atom stereocenters. The minimum Gasteiger partial charge on any atom is -0.494 e. The van der Waals surface area contributed by atoms with E-state index in [4.69, 9.17) is 17.3 Å². The summed E-state index contributed by atoms with van der Waals surface area (Å²) in [6, 6.07) is 5.60. The van der Waals surface area contributed by atoms with Crippen LogP contribution in [-0.4, -0.2) is 21.1 Å². The van der Waals surface area contributed by atoms with E-state index in [9.17, 15) is 0 Å². The Bertz CT molecular complexity index is 326. The van der Waals surface area contributed by atoms with Crippen molar-refractivity contribution < 1.29 is 9.47 Å². The average Bonchev–Trinajstić information content (AvgIpc) is 2.33. The van der Waals surface area contributed by atoms with E-state index in [-0.39, 0.29) is 0 Å². The molecule has 1 rings (SSSR count). The average molecular weight is 232 g/mol. The molecular formula is C14H21BO2. The monoisotopic (exact) mass is 232 g/mol. The molecule has 0 amide bonds. The van der Waals surface area contributed by atoms with Gasteiger partial charge in [0, 0.05) is 6.07 Å². The molecule has 2 nitrogen and oxygen atoms in total. The predicted octanol–water partition coefficient (Wildman–Crippen LogP) is 2.84. The van der Waals surface area contributed by atoms with Gasteiger partial charge in [-0.25, -0.2) is 0 Å². The third-order valence-corrected chi connectivity index (χ3v) is 2.51. The van der Waals surface area contributed by atoms with Crippen LogP contribution < -0.4 is 14.9 Å². The van der Waals surface area contributed by atoms with E-state index in [1.165, 1.54) is 0 Å². The fourth-order valence-electron chi connectivity index (χ4n) is 1.39. The summed E-state index contributed by atoms with van der Waals surface area (Å²) in [5, 5.41) is 0. The van der Waals surface area contributed by atoms with Gasteiger partial charge in [-0.05, 0) is 18.9 Å². The van der Waals surface area contributed by atoms with Gasteiger partial charge in [0.05, 0.1) is 13.2 Å². The van der Waals surface area contributed by atoms with E-state index in [1.807, 2.05) is 18.2 Å². The Labute approximate surface area is 106 Å². The maximum atomic E-state index is 5.85. The standard InChI is InChI=1S/C14H21BO2/c1-3-5-9-16-12-7-8-13(15)14(11-12)17-10-6-4-2/h7-8,11H,3-6,9-10H2,1-2H3. The first-order valence-electron chi connectivity index (χ1n) is 6.43. The molecule has 0 aromatic heterocycles. The summed E-state index contributed by atoms with van der Waals surface area (Å²) >= 11 is 0. The molecule has 0 fully saturated rings. The molecule has 0 N–H and O–H groups in total. The lowest BCUT2D eigenvalue weighted by atomic mass is 9.95. The normalized spacial score (nSPS) is 10.2. The number of benzene rings is 1.